The van der Waals surface area contributed by atoms with Crippen LogP contribution in [0.4, 0.5) is 11.4 Å². The molecule has 8 heteroatoms. The van der Waals surface area contributed by atoms with Crippen molar-refractivity contribution in [2.45, 2.75) is 0 Å². The number of fused-ring (bicyclic) bond motifs is 1. The molecule has 8 nitrogen and oxygen atoms in total. The van der Waals surface area contributed by atoms with E-state index in [1.54, 1.807) is 0 Å². The van der Waals surface area contributed by atoms with E-state index < -0.39 is 4.92 Å². The molecule has 20 heavy (non-hydrogen) atoms. The number of hydrogen-bond donors (Lipinski definition) is 1. The zero-order valence-corrected chi connectivity index (χ0v) is 10.7. The minimum atomic E-state index is -0.528. The summed E-state index contributed by atoms with van der Waals surface area (Å²) in [6.45, 7) is 0.453. The molecule has 0 aliphatic carbocycles. The molecule has 108 valence electrons. The Morgan fingerprint density at radius 2 is 2.25 bits per heavy atom. The van der Waals surface area contributed by atoms with Gasteiger partial charge in [0.1, 0.15) is 5.75 Å². The van der Waals surface area contributed by atoms with Gasteiger partial charge in [-0.15, -0.1) is 0 Å². The van der Waals surface area contributed by atoms with E-state index in [9.17, 15) is 14.9 Å². The largest absolute Gasteiger partial charge is 0.482 e. The molecule has 1 aliphatic rings. The first kappa shape index (κ1) is 14.2. The van der Waals surface area contributed by atoms with Crippen LogP contribution in [0.3, 0.4) is 0 Å². The second-order valence-electron chi connectivity index (χ2n) is 4.08. The van der Waals surface area contributed by atoms with E-state index in [-0.39, 0.29) is 44.6 Å². The third-order valence-electron chi connectivity index (χ3n) is 2.79. The summed E-state index contributed by atoms with van der Waals surface area (Å²) in [5, 5.41) is 19.4. The van der Waals surface area contributed by atoms with Gasteiger partial charge in [0, 0.05) is 18.7 Å². The van der Waals surface area contributed by atoms with Gasteiger partial charge in [-0.05, 0) is 6.07 Å². The van der Waals surface area contributed by atoms with Crippen molar-refractivity contribution in [1.29, 1.82) is 0 Å². The van der Waals surface area contributed by atoms with E-state index in [4.69, 9.17) is 14.6 Å². The number of benzene rings is 1. The van der Waals surface area contributed by atoms with Gasteiger partial charge < -0.3 is 19.5 Å². The van der Waals surface area contributed by atoms with E-state index >= 15 is 0 Å². The second-order valence-corrected chi connectivity index (χ2v) is 4.08. The Morgan fingerprint density at radius 3 is 2.95 bits per heavy atom. The van der Waals surface area contributed by atoms with Crippen LogP contribution >= 0.6 is 0 Å². The highest BCUT2D eigenvalue weighted by Crippen LogP contribution is 2.34. The first-order valence-corrected chi connectivity index (χ1v) is 6.03. The fourth-order valence-electron chi connectivity index (χ4n) is 1.87. The number of amides is 1. The highest BCUT2D eigenvalue weighted by Gasteiger charge is 2.27. The summed E-state index contributed by atoms with van der Waals surface area (Å²) in [6, 6.07) is 4.11. The molecule has 0 atom stereocenters. The molecule has 0 saturated heterocycles. The summed E-state index contributed by atoms with van der Waals surface area (Å²) in [5.74, 6) is 0.142. The molecule has 0 spiro atoms. The number of nitro benzene ring substituents is 1. The molecule has 1 amide bonds. The zero-order chi connectivity index (χ0) is 14.5. The van der Waals surface area contributed by atoms with Gasteiger partial charge in [-0.25, -0.2) is 0 Å². The molecular weight excluding hydrogens is 268 g/mol. The number of nitrogens with zero attached hydrogens (tertiary/aromatic N) is 2. The van der Waals surface area contributed by atoms with Crippen LogP contribution in [0.2, 0.25) is 0 Å². The number of non-ortho nitro benzene ring substituents is 1. The molecule has 0 unspecified atom stereocenters. The van der Waals surface area contributed by atoms with E-state index in [0.29, 0.717) is 11.4 Å². The SMILES string of the molecule is O=C1COc2ccc([N+](=O)[O-])cc2N1CCOCCO. The number of nitro groups is 1. The number of rotatable bonds is 6. The van der Waals surface area contributed by atoms with Crippen LogP contribution in [0.15, 0.2) is 18.2 Å². The fraction of sp³-hybridized carbons (Fsp3) is 0.417. The lowest BCUT2D eigenvalue weighted by Gasteiger charge is -2.29. The Labute approximate surface area is 114 Å². The molecule has 1 aliphatic heterocycles. The lowest BCUT2D eigenvalue weighted by molar-refractivity contribution is -0.384. The normalized spacial score (nSPS) is 13.8. The number of aliphatic hydroxyl groups is 1. The predicted molar refractivity (Wildman–Crippen MR) is 68.8 cm³/mol. The summed E-state index contributed by atoms with van der Waals surface area (Å²) in [7, 11) is 0. The maximum atomic E-state index is 11.8. The summed E-state index contributed by atoms with van der Waals surface area (Å²) < 4.78 is 10.3. The number of carbonyl (C=O) groups is 1. The van der Waals surface area contributed by atoms with Gasteiger partial charge in [0.25, 0.3) is 11.6 Å². The number of aliphatic hydroxyl groups excluding tert-OH is 1. The van der Waals surface area contributed by atoms with Crippen LogP contribution in [-0.2, 0) is 9.53 Å². The number of carbonyl (C=O) groups excluding carboxylic acids is 1. The minimum Gasteiger partial charge on any atom is -0.482 e. The molecule has 0 radical (unpaired) electrons. The smallest absolute Gasteiger partial charge is 0.271 e. The third kappa shape index (κ3) is 3.03. The van der Waals surface area contributed by atoms with Gasteiger partial charge in [-0.2, -0.15) is 0 Å². The Balaban J connectivity index is 2.18. The number of hydrogen-bond acceptors (Lipinski definition) is 6. The van der Waals surface area contributed by atoms with Crippen LogP contribution in [0, 0.1) is 10.1 Å². The molecule has 0 saturated carbocycles. The summed E-state index contributed by atoms with van der Waals surface area (Å²) >= 11 is 0. The Hall–Kier alpha value is -2.19. The van der Waals surface area contributed by atoms with Crippen molar-refractivity contribution >= 4 is 17.3 Å². The molecule has 1 aromatic rings. The lowest BCUT2D eigenvalue weighted by atomic mass is 10.2. The number of ether oxygens (including phenoxy) is 2. The van der Waals surface area contributed by atoms with E-state index in [1.165, 1.54) is 23.1 Å². The topological polar surface area (TPSA) is 102 Å². The van der Waals surface area contributed by atoms with Crippen molar-refractivity contribution in [1.82, 2.24) is 0 Å². The molecule has 0 bridgehead atoms. The lowest BCUT2D eigenvalue weighted by Crippen LogP contribution is -2.40. The molecule has 0 aromatic heterocycles. The van der Waals surface area contributed by atoms with Gasteiger partial charge in [0.15, 0.2) is 6.61 Å². The molecule has 1 N–H and O–H groups in total. The molecule has 2 rings (SSSR count). The van der Waals surface area contributed by atoms with E-state index in [0.717, 1.165) is 0 Å². The first-order chi connectivity index (χ1) is 9.63. The standard InChI is InChI=1S/C12H14N2O6/c15-4-6-19-5-3-13-10-7-9(14(17)18)1-2-11(10)20-8-12(13)16/h1-2,7,15H,3-6,8H2. The summed E-state index contributed by atoms with van der Waals surface area (Å²) in [4.78, 5) is 23.5. The maximum absolute atomic E-state index is 11.8. The average molecular weight is 282 g/mol. The van der Waals surface area contributed by atoms with E-state index in [1.807, 2.05) is 0 Å². The Morgan fingerprint density at radius 1 is 1.45 bits per heavy atom. The highest BCUT2D eigenvalue weighted by molar-refractivity contribution is 5.98. The van der Waals surface area contributed by atoms with Crippen LogP contribution in [-0.4, -0.2) is 48.9 Å². The monoisotopic (exact) mass is 282 g/mol. The molecule has 1 heterocycles. The summed E-state index contributed by atoms with van der Waals surface area (Å²) in [6.07, 6.45) is 0. The van der Waals surface area contributed by atoms with Crippen molar-refractivity contribution in [3.63, 3.8) is 0 Å². The minimum absolute atomic E-state index is 0.0981. The Bertz CT molecular complexity index is 519. The summed E-state index contributed by atoms with van der Waals surface area (Å²) in [5.41, 5.74) is 0.256. The first-order valence-electron chi connectivity index (χ1n) is 6.03. The quantitative estimate of drug-likeness (QED) is 0.458. The molecule has 1 aromatic carbocycles. The van der Waals surface area contributed by atoms with Gasteiger partial charge in [0.05, 0.1) is 30.4 Å². The third-order valence-corrected chi connectivity index (χ3v) is 2.79. The Kier molecular flexibility index (Phi) is 4.49. The van der Waals surface area contributed by atoms with Gasteiger partial charge in [-0.1, -0.05) is 0 Å². The van der Waals surface area contributed by atoms with Crippen LogP contribution < -0.4 is 9.64 Å². The van der Waals surface area contributed by atoms with Crippen molar-refractivity contribution in [2.24, 2.45) is 0 Å². The number of anilines is 1. The van der Waals surface area contributed by atoms with Crippen LogP contribution in [0.1, 0.15) is 0 Å². The van der Waals surface area contributed by atoms with Crippen molar-refractivity contribution < 1.29 is 24.3 Å². The molecular formula is C12H14N2O6. The highest BCUT2D eigenvalue weighted by atomic mass is 16.6. The van der Waals surface area contributed by atoms with Gasteiger partial charge in [-0.3, -0.25) is 14.9 Å². The van der Waals surface area contributed by atoms with Gasteiger partial charge in [0.2, 0.25) is 0 Å². The van der Waals surface area contributed by atoms with E-state index in [2.05, 4.69) is 0 Å². The molecule has 0 fully saturated rings. The van der Waals surface area contributed by atoms with Crippen molar-refractivity contribution in [2.75, 3.05) is 37.9 Å². The van der Waals surface area contributed by atoms with Crippen LogP contribution in [0.5, 0.6) is 5.75 Å². The van der Waals surface area contributed by atoms with Gasteiger partial charge >= 0.3 is 0 Å². The average Bonchev–Trinajstić information content (AvgIpc) is 2.44. The zero-order valence-electron chi connectivity index (χ0n) is 10.7. The predicted octanol–water partition coefficient (Wildman–Crippen LogP) is 0.329. The van der Waals surface area contributed by atoms with Crippen molar-refractivity contribution in [3.05, 3.63) is 28.3 Å². The fourth-order valence-corrected chi connectivity index (χ4v) is 1.87. The van der Waals surface area contributed by atoms with Crippen molar-refractivity contribution in [3.8, 4) is 5.75 Å². The van der Waals surface area contributed by atoms with Crippen LogP contribution in [0.25, 0.3) is 0 Å². The maximum Gasteiger partial charge on any atom is 0.271 e. The second kappa shape index (κ2) is 6.31.